The fourth-order valence-corrected chi connectivity index (χ4v) is 2.55. The van der Waals surface area contributed by atoms with Crippen LogP contribution in [0, 0.1) is 11.7 Å². The molecule has 1 aromatic carbocycles. The van der Waals surface area contributed by atoms with E-state index in [0.717, 1.165) is 5.56 Å². The summed E-state index contributed by atoms with van der Waals surface area (Å²) in [5.74, 6) is -0.299. The molecular formula is C16H22FN3O2. The summed E-state index contributed by atoms with van der Waals surface area (Å²) in [7, 11) is 0. The average molecular weight is 307 g/mol. The minimum Gasteiger partial charge on any atom is -0.354 e. The first-order chi connectivity index (χ1) is 10.5. The number of nitrogens with zero attached hydrogens (tertiary/aromatic N) is 1. The number of hydrogen-bond donors (Lipinski definition) is 2. The molecule has 2 N–H and O–H groups in total. The molecule has 1 aliphatic rings. The van der Waals surface area contributed by atoms with E-state index in [1.165, 1.54) is 12.1 Å². The Balaban J connectivity index is 1.97. The van der Waals surface area contributed by atoms with Gasteiger partial charge in [0.1, 0.15) is 5.82 Å². The van der Waals surface area contributed by atoms with Crippen molar-refractivity contribution in [1.29, 1.82) is 0 Å². The van der Waals surface area contributed by atoms with Crippen molar-refractivity contribution in [3.8, 4) is 0 Å². The number of halogens is 1. The summed E-state index contributed by atoms with van der Waals surface area (Å²) in [6.07, 6.45) is 0. The molecule has 22 heavy (non-hydrogen) atoms. The summed E-state index contributed by atoms with van der Waals surface area (Å²) >= 11 is 0. The normalized spacial score (nSPS) is 17.2. The molecule has 1 aromatic rings. The number of amides is 2. The summed E-state index contributed by atoms with van der Waals surface area (Å²) in [4.78, 5) is 25.3. The molecule has 1 aliphatic heterocycles. The predicted molar refractivity (Wildman–Crippen MR) is 81.6 cm³/mol. The Hall–Kier alpha value is -1.95. The van der Waals surface area contributed by atoms with Crippen LogP contribution < -0.4 is 10.6 Å². The fraction of sp³-hybridized carbons (Fsp3) is 0.500. The molecule has 0 saturated carbocycles. The Kier molecular flexibility index (Phi) is 5.49. The van der Waals surface area contributed by atoms with Gasteiger partial charge in [-0.15, -0.1) is 0 Å². The SMILES string of the molecule is CC(C)C(NC(=O)CN1CCNC(=O)C1)c1ccc(F)cc1. The summed E-state index contributed by atoms with van der Waals surface area (Å²) < 4.78 is 13.0. The number of nitrogens with one attached hydrogen (secondary N) is 2. The highest BCUT2D eigenvalue weighted by Crippen LogP contribution is 2.21. The Morgan fingerprint density at radius 2 is 2.05 bits per heavy atom. The van der Waals surface area contributed by atoms with Gasteiger partial charge in [0, 0.05) is 13.1 Å². The van der Waals surface area contributed by atoms with Crippen molar-refractivity contribution in [2.45, 2.75) is 19.9 Å². The van der Waals surface area contributed by atoms with Crippen molar-refractivity contribution in [1.82, 2.24) is 15.5 Å². The predicted octanol–water partition coefficient (Wildman–Crippen LogP) is 1.07. The molecule has 1 fully saturated rings. The third kappa shape index (κ3) is 4.53. The maximum absolute atomic E-state index is 13.0. The molecule has 0 bridgehead atoms. The minimum absolute atomic E-state index is 0.0574. The fourth-order valence-electron chi connectivity index (χ4n) is 2.55. The number of carbonyl (C=O) groups is 2. The molecule has 0 aliphatic carbocycles. The third-order valence-electron chi connectivity index (χ3n) is 3.70. The van der Waals surface area contributed by atoms with E-state index in [2.05, 4.69) is 10.6 Å². The minimum atomic E-state index is -0.295. The lowest BCUT2D eigenvalue weighted by Gasteiger charge is -2.28. The van der Waals surface area contributed by atoms with Gasteiger partial charge in [0.05, 0.1) is 19.1 Å². The molecule has 6 heteroatoms. The highest BCUT2D eigenvalue weighted by molar-refractivity contribution is 5.82. The maximum Gasteiger partial charge on any atom is 0.234 e. The van der Waals surface area contributed by atoms with Crippen LogP contribution in [0.25, 0.3) is 0 Å². The molecule has 5 nitrogen and oxygen atoms in total. The van der Waals surface area contributed by atoms with Crippen LogP contribution in [0.5, 0.6) is 0 Å². The number of carbonyl (C=O) groups excluding carboxylic acids is 2. The second-order valence-corrected chi connectivity index (χ2v) is 5.90. The van der Waals surface area contributed by atoms with Gasteiger partial charge in [-0.25, -0.2) is 4.39 Å². The van der Waals surface area contributed by atoms with Gasteiger partial charge in [-0.2, -0.15) is 0 Å². The van der Waals surface area contributed by atoms with E-state index in [1.54, 1.807) is 12.1 Å². The Morgan fingerprint density at radius 3 is 2.64 bits per heavy atom. The molecular weight excluding hydrogens is 285 g/mol. The lowest BCUT2D eigenvalue weighted by atomic mass is 9.96. The molecule has 0 aromatic heterocycles. The number of benzene rings is 1. The van der Waals surface area contributed by atoms with Crippen LogP contribution in [0.1, 0.15) is 25.5 Å². The zero-order valence-electron chi connectivity index (χ0n) is 12.9. The maximum atomic E-state index is 13.0. The summed E-state index contributed by atoms with van der Waals surface area (Å²) in [6, 6.07) is 5.99. The molecule has 0 spiro atoms. The number of rotatable bonds is 5. The monoisotopic (exact) mass is 307 g/mol. The smallest absolute Gasteiger partial charge is 0.234 e. The first kappa shape index (κ1) is 16.4. The summed E-state index contributed by atoms with van der Waals surface area (Å²) in [6.45, 7) is 5.68. The molecule has 1 atom stereocenters. The molecule has 120 valence electrons. The van der Waals surface area contributed by atoms with Gasteiger partial charge in [-0.3, -0.25) is 14.5 Å². The highest BCUT2D eigenvalue weighted by Gasteiger charge is 2.22. The van der Waals surface area contributed by atoms with E-state index in [1.807, 2.05) is 18.7 Å². The van der Waals surface area contributed by atoms with E-state index in [9.17, 15) is 14.0 Å². The molecule has 1 heterocycles. The van der Waals surface area contributed by atoms with E-state index in [4.69, 9.17) is 0 Å². The quantitative estimate of drug-likeness (QED) is 0.855. The van der Waals surface area contributed by atoms with Crippen molar-refractivity contribution in [3.05, 3.63) is 35.6 Å². The Morgan fingerprint density at radius 1 is 1.36 bits per heavy atom. The van der Waals surface area contributed by atoms with Crippen molar-refractivity contribution in [2.75, 3.05) is 26.2 Å². The highest BCUT2D eigenvalue weighted by atomic mass is 19.1. The largest absolute Gasteiger partial charge is 0.354 e. The lowest BCUT2D eigenvalue weighted by Crippen LogP contribution is -2.51. The van der Waals surface area contributed by atoms with Gasteiger partial charge in [0.2, 0.25) is 11.8 Å². The van der Waals surface area contributed by atoms with Crippen LogP contribution in [-0.2, 0) is 9.59 Å². The van der Waals surface area contributed by atoms with Crippen molar-refractivity contribution in [3.63, 3.8) is 0 Å². The second kappa shape index (κ2) is 7.35. The first-order valence-corrected chi connectivity index (χ1v) is 7.49. The number of hydrogen-bond acceptors (Lipinski definition) is 3. The van der Waals surface area contributed by atoms with Gasteiger partial charge in [-0.05, 0) is 23.6 Å². The van der Waals surface area contributed by atoms with E-state index < -0.39 is 0 Å². The van der Waals surface area contributed by atoms with Gasteiger partial charge in [0.15, 0.2) is 0 Å². The van der Waals surface area contributed by atoms with E-state index >= 15 is 0 Å². The zero-order chi connectivity index (χ0) is 16.1. The zero-order valence-corrected chi connectivity index (χ0v) is 12.9. The molecule has 2 amide bonds. The van der Waals surface area contributed by atoms with Crippen LogP contribution in [0.4, 0.5) is 4.39 Å². The summed E-state index contributed by atoms with van der Waals surface area (Å²) in [5, 5.41) is 5.71. The molecule has 1 saturated heterocycles. The van der Waals surface area contributed by atoms with Crippen molar-refractivity contribution >= 4 is 11.8 Å². The van der Waals surface area contributed by atoms with Crippen LogP contribution in [-0.4, -0.2) is 42.9 Å². The second-order valence-electron chi connectivity index (χ2n) is 5.90. The van der Waals surface area contributed by atoms with Crippen LogP contribution >= 0.6 is 0 Å². The van der Waals surface area contributed by atoms with Gasteiger partial charge >= 0.3 is 0 Å². The van der Waals surface area contributed by atoms with Gasteiger partial charge in [-0.1, -0.05) is 26.0 Å². The summed E-state index contributed by atoms with van der Waals surface area (Å²) in [5.41, 5.74) is 0.876. The van der Waals surface area contributed by atoms with Crippen LogP contribution in [0.2, 0.25) is 0 Å². The van der Waals surface area contributed by atoms with Crippen molar-refractivity contribution < 1.29 is 14.0 Å². The van der Waals surface area contributed by atoms with Crippen molar-refractivity contribution in [2.24, 2.45) is 5.92 Å². The molecule has 1 unspecified atom stereocenters. The molecule has 0 radical (unpaired) electrons. The standard InChI is InChI=1S/C16H22FN3O2/c1-11(2)16(12-3-5-13(17)6-4-12)19-15(22)10-20-8-7-18-14(21)9-20/h3-6,11,16H,7-10H2,1-2H3,(H,18,21)(H,19,22). The van der Waals surface area contributed by atoms with Gasteiger partial charge < -0.3 is 10.6 Å². The van der Waals surface area contributed by atoms with Gasteiger partial charge in [0.25, 0.3) is 0 Å². The van der Waals surface area contributed by atoms with E-state index in [0.29, 0.717) is 13.1 Å². The molecule has 2 rings (SSSR count). The first-order valence-electron chi connectivity index (χ1n) is 7.49. The van der Waals surface area contributed by atoms with E-state index in [-0.39, 0.29) is 42.7 Å². The third-order valence-corrected chi connectivity index (χ3v) is 3.70. The van der Waals surface area contributed by atoms with Crippen LogP contribution in [0.15, 0.2) is 24.3 Å². The Labute approximate surface area is 129 Å². The lowest BCUT2D eigenvalue weighted by molar-refractivity contribution is -0.127. The average Bonchev–Trinajstić information content (AvgIpc) is 2.45. The topological polar surface area (TPSA) is 61.4 Å². The number of piperazine rings is 1. The Bertz CT molecular complexity index is 531. The van der Waals surface area contributed by atoms with Crippen LogP contribution in [0.3, 0.4) is 0 Å².